The highest BCUT2D eigenvalue weighted by atomic mass is 16.4. The van der Waals surface area contributed by atoms with Crippen molar-refractivity contribution in [2.45, 2.75) is 33.1 Å². The summed E-state index contributed by atoms with van der Waals surface area (Å²) in [6, 6.07) is 18.0. The number of anilines is 2. The van der Waals surface area contributed by atoms with Crippen LogP contribution < -0.4 is 9.80 Å². The zero-order valence-electron chi connectivity index (χ0n) is 25.1. The number of carboxylic acid groups (broad SMARTS) is 1. The van der Waals surface area contributed by atoms with Crippen LogP contribution >= 0.6 is 0 Å². The Bertz CT molecular complexity index is 1720. The topological polar surface area (TPSA) is 107 Å². The third kappa shape index (κ3) is 4.51. The van der Waals surface area contributed by atoms with Crippen LogP contribution in [0.25, 0.3) is 5.65 Å². The van der Waals surface area contributed by atoms with Gasteiger partial charge in [0.05, 0.1) is 11.9 Å². The number of likely N-dealkylation sites (tertiary alicyclic amines) is 1. The maximum Gasteiger partial charge on any atom is 0.354 e. The van der Waals surface area contributed by atoms with Gasteiger partial charge in [-0.2, -0.15) is 0 Å². The number of pyridine rings is 2. The summed E-state index contributed by atoms with van der Waals surface area (Å²) >= 11 is 0. The number of rotatable bonds is 5. The first-order valence-corrected chi connectivity index (χ1v) is 14.9. The third-order valence-electron chi connectivity index (χ3n) is 10.2. The molecule has 3 atom stereocenters. The number of aromatic carboxylic acids is 1. The molecule has 10 nitrogen and oxygen atoms in total. The van der Waals surface area contributed by atoms with Crippen molar-refractivity contribution < 1.29 is 14.7 Å². The maximum atomic E-state index is 13.6. The molecule has 3 saturated heterocycles. The largest absolute Gasteiger partial charge is 0.477 e. The van der Waals surface area contributed by atoms with Gasteiger partial charge in [0.15, 0.2) is 11.3 Å². The van der Waals surface area contributed by atoms with Crippen molar-refractivity contribution in [2.75, 3.05) is 49.1 Å². The second-order valence-corrected chi connectivity index (χ2v) is 13.3. The van der Waals surface area contributed by atoms with Crippen LogP contribution in [-0.4, -0.2) is 80.7 Å². The van der Waals surface area contributed by atoms with Gasteiger partial charge in [-0.15, -0.1) is 5.10 Å². The van der Waals surface area contributed by atoms with Gasteiger partial charge < -0.3 is 19.8 Å². The summed E-state index contributed by atoms with van der Waals surface area (Å²) < 4.78 is 1.77. The van der Waals surface area contributed by atoms with E-state index in [0.717, 1.165) is 37.4 Å². The Hall–Kier alpha value is -4.47. The minimum Gasteiger partial charge on any atom is -0.477 e. The van der Waals surface area contributed by atoms with Crippen molar-refractivity contribution >= 4 is 29.0 Å². The molecule has 0 aliphatic carbocycles. The van der Waals surface area contributed by atoms with Gasteiger partial charge in [0.1, 0.15) is 5.82 Å². The molecule has 4 aromatic rings. The molecule has 1 amide bonds. The molecular formula is C33H37N7O3. The number of benzene rings is 1. The lowest BCUT2D eigenvalue weighted by Gasteiger charge is -2.37. The van der Waals surface area contributed by atoms with E-state index >= 15 is 0 Å². The van der Waals surface area contributed by atoms with Crippen molar-refractivity contribution in [1.82, 2.24) is 24.5 Å². The van der Waals surface area contributed by atoms with Gasteiger partial charge in [-0.25, -0.2) is 19.3 Å². The Kier molecular flexibility index (Phi) is 6.23. The van der Waals surface area contributed by atoms with E-state index in [0.29, 0.717) is 36.4 Å². The first kappa shape index (κ1) is 27.4. The fourth-order valence-electron chi connectivity index (χ4n) is 7.37. The monoisotopic (exact) mass is 579 g/mol. The summed E-state index contributed by atoms with van der Waals surface area (Å²) in [5.41, 5.74) is 4.20. The first-order chi connectivity index (χ1) is 20.5. The molecule has 1 aromatic carbocycles. The van der Waals surface area contributed by atoms with E-state index in [4.69, 9.17) is 0 Å². The Morgan fingerprint density at radius 1 is 0.884 bits per heavy atom. The summed E-state index contributed by atoms with van der Waals surface area (Å²) in [6.07, 6.45) is 2.01. The van der Waals surface area contributed by atoms with Crippen molar-refractivity contribution in [3.05, 3.63) is 83.4 Å². The van der Waals surface area contributed by atoms with Gasteiger partial charge in [-0.3, -0.25) is 4.79 Å². The normalized spacial score (nSPS) is 24.6. The summed E-state index contributed by atoms with van der Waals surface area (Å²) in [4.78, 5) is 40.3. The van der Waals surface area contributed by atoms with Crippen molar-refractivity contribution in [2.24, 2.45) is 17.3 Å². The number of carbonyl (C=O) groups excluding carboxylic acids is 1. The van der Waals surface area contributed by atoms with Crippen LogP contribution in [-0.2, 0) is 5.41 Å². The lowest BCUT2D eigenvalue weighted by atomic mass is 9.65. The van der Waals surface area contributed by atoms with E-state index in [1.807, 2.05) is 24.1 Å². The smallest absolute Gasteiger partial charge is 0.354 e. The molecule has 10 heteroatoms. The minimum atomic E-state index is -1.03. The van der Waals surface area contributed by atoms with Crippen LogP contribution in [0.4, 0.5) is 11.5 Å². The first-order valence-electron chi connectivity index (χ1n) is 14.9. The molecular weight excluding hydrogens is 542 g/mol. The molecule has 6 heterocycles. The average molecular weight is 580 g/mol. The van der Waals surface area contributed by atoms with Crippen LogP contribution in [0.5, 0.6) is 0 Å². The Labute approximate surface area is 251 Å². The number of hydrogen-bond acceptors (Lipinski definition) is 7. The summed E-state index contributed by atoms with van der Waals surface area (Å²) in [5.74, 6) is 0.310. The standard InChI is InChI=1S/C33H37N7O3/c1-21-13-25(39-19-32(2,3)33(4,20-39)24-9-6-5-7-10-24)18-40-29(21)35-28(36-40)30(41)38-16-22-14-37(15-23(22)17-38)27-12-8-11-26(34-27)31(42)43/h5-13,18,22-23H,14-17,19-20H2,1-4H3,(H,42,43)/t22-,23+,33?. The number of hydrogen-bond donors (Lipinski definition) is 1. The molecule has 0 bridgehead atoms. The zero-order valence-corrected chi connectivity index (χ0v) is 25.1. The van der Waals surface area contributed by atoms with Gasteiger partial charge in [0.2, 0.25) is 5.82 Å². The van der Waals surface area contributed by atoms with Gasteiger partial charge in [0, 0.05) is 56.5 Å². The van der Waals surface area contributed by atoms with Gasteiger partial charge in [-0.05, 0) is 41.7 Å². The molecule has 0 saturated carbocycles. The second kappa shape index (κ2) is 9.79. The molecule has 43 heavy (non-hydrogen) atoms. The number of amides is 1. The Balaban J connectivity index is 1.07. The second-order valence-electron chi connectivity index (χ2n) is 13.3. The predicted molar refractivity (Wildman–Crippen MR) is 164 cm³/mol. The molecule has 3 aliphatic rings. The van der Waals surface area contributed by atoms with E-state index in [2.05, 4.69) is 82.0 Å². The van der Waals surface area contributed by atoms with Crippen LogP contribution in [0.15, 0.2) is 60.8 Å². The van der Waals surface area contributed by atoms with E-state index < -0.39 is 5.97 Å². The van der Waals surface area contributed by atoms with Crippen LogP contribution in [0.1, 0.15) is 53.0 Å². The molecule has 0 spiro atoms. The van der Waals surface area contributed by atoms with Crippen molar-refractivity contribution in [3.63, 3.8) is 0 Å². The highest BCUT2D eigenvalue weighted by molar-refractivity contribution is 5.91. The van der Waals surface area contributed by atoms with Crippen LogP contribution in [0.2, 0.25) is 0 Å². The molecule has 3 fully saturated rings. The lowest BCUT2D eigenvalue weighted by molar-refractivity contribution is 0.0689. The number of carbonyl (C=O) groups is 2. The van der Waals surface area contributed by atoms with Crippen LogP contribution in [0.3, 0.4) is 0 Å². The fourth-order valence-corrected chi connectivity index (χ4v) is 7.37. The maximum absolute atomic E-state index is 13.6. The van der Waals surface area contributed by atoms with E-state index in [-0.39, 0.29) is 28.3 Å². The number of nitrogens with zero attached hydrogens (tertiary/aromatic N) is 7. The average Bonchev–Trinajstić information content (AvgIpc) is 3.74. The van der Waals surface area contributed by atoms with E-state index in [1.165, 1.54) is 11.6 Å². The molecule has 3 aliphatic heterocycles. The molecule has 0 radical (unpaired) electrons. The lowest BCUT2D eigenvalue weighted by Crippen LogP contribution is -2.37. The number of aromatic nitrogens is 4. The quantitative estimate of drug-likeness (QED) is 0.376. The SMILES string of the molecule is Cc1cc(N2CC(C)(C)C(C)(c3ccccc3)C2)cn2nc(C(=O)N3C[C@@H]4CN(c5cccc(C(=O)O)n5)C[C@@H]4C3)nc12. The fraction of sp³-hybridized carbons (Fsp3) is 0.424. The Morgan fingerprint density at radius 2 is 1.60 bits per heavy atom. The summed E-state index contributed by atoms with van der Waals surface area (Å²) in [5, 5.41) is 14.0. The minimum absolute atomic E-state index is 0.0147. The molecule has 1 N–H and O–H groups in total. The Morgan fingerprint density at radius 3 is 2.30 bits per heavy atom. The van der Waals surface area contributed by atoms with E-state index in [1.54, 1.807) is 10.6 Å². The number of fused-ring (bicyclic) bond motifs is 2. The van der Waals surface area contributed by atoms with Crippen molar-refractivity contribution in [1.29, 1.82) is 0 Å². The summed E-state index contributed by atoms with van der Waals surface area (Å²) in [7, 11) is 0. The number of aryl methyl sites for hydroxylation is 1. The van der Waals surface area contributed by atoms with Gasteiger partial charge in [-0.1, -0.05) is 57.2 Å². The molecule has 3 aromatic heterocycles. The highest BCUT2D eigenvalue weighted by Gasteiger charge is 2.50. The van der Waals surface area contributed by atoms with Gasteiger partial charge >= 0.3 is 5.97 Å². The third-order valence-corrected chi connectivity index (χ3v) is 10.2. The highest BCUT2D eigenvalue weighted by Crippen LogP contribution is 2.49. The molecule has 222 valence electrons. The summed E-state index contributed by atoms with van der Waals surface area (Å²) in [6.45, 7) is 13.6. The van der Waals surface area contributed by atoms with Crippen LogP contribution in [0, 0.1) is 24.2 Å². The van der Waals surface area contributed by atoms with Gasteiger partial charge in [0.25, 0.3) is 5.91 Å². The molecule has 7 rings (SSSR count). The van der Waals surface area contributed by atoms with E-state index in [9.17, 15) is 14.7 Å². The molecule has 1 unspecified atom stereocenters. The zero-order chi connectivity index (χ0) is 30.1. The number of carboxylic acids is 1. The van der Waals surface area contributed by atoms with Crippen molar-refractivity contribution in [3.8, 4) is 0 Å². The predicted octanol–water partition coefficient (Wildman–Crippen LogP) is 4.14.